The summed E-state index contributed by atoms with van der Waals surface area (Å²) >= 11 is 0. The molecule has 6 rings (SSSR count). The van der Waals surface area contributed by atoms with E-state index in [-0.39, 0.29) is 36.2 Å². The molecule has 0 amide bonds. The first-order valence-corrected chi connectivity index (χ1v) is 16.2. The molecule has 0 radical (unpaired) electrons. The van der Waals surface area contributed by atoms with E-state index >= 15 is 0 Å². The van der Waals surface area contributed by atoms with Crippen LogP contribution in [0.5, 0.6) is 0 Å². The van der Waals surface area contributed by atoms with Crippen molar-refractivity contribution in [1.82, 2.24) is 20.6 Å². The zero-order valence-electron chi connectivity index (χ0n) is 27.6. The van der Waals surface area contributed by atoms with E-state index in [4.69, 9.17) is 9.47 Å². The van der Waals surface area contributed by atoms with Gasteiger partial charge in [0.15, 0.2) is 0 Å². The quantitative estimate of drug-likeness (QED) is 0.314. The smallest absolute Gasteiger partial charge is 0.315 e. The number of rotatable bonds is 6. The van der Waals surface area contributed by atoms with Crippen LogP contribution in [0.15, 0.2) is 28.7 Å². The van der Waals surface area contributed by atoms with Crippen molar-refractivity contribution in [2.24, 2.45) is 23.7 Å². The van der Waals surface area contributed by atoms with Crippen molar-refractivity contribution in [3.05, 3.63) is 73.1 Å². The molecule has 0 spiro atoms. The van der Waals surface area contributed by atoms with Crippen molar-refractivity contribution in [3.63, 3.8) is 0 Å². The van der Waals surface area contributed by atoms with Crippen molar-refractivity contribution < 1.29 is 24.2 Å². The molecule has 9 nitrogen and oxygen atoms in total. The van der Waals surface area contributed by atoms with Crippen LogP contribution in [0.3, 0.4) is 0 Å². The van der Waals surface area contributed by atoms with Gasteiger partial charge in [0.2, 0.25) is 0 Å². The number of allylic oxidation sites excluding steroid dienone is 3. The number of methoxy groups -OCH3 is 1. The largest absolute Gasteiger partial charge is 0.468 e. The normalized spacial score (nSPS) is 29.7. The first kappa shape index (κ1) is 31.0. The molecule has 6 atom stereocenters. The van der Waals surface area contributed by atoms with Gasteiger partial charge in [0.1, 0.15) is 5.92 Å². The lowest BCUT2D eigenvalue weighted by Crippen LogP contribution is -2.37. The number of aliphatic hydroxyl groups excluding tert-OH is 1. The minimum absolute atomic E-state index is 0.0395. The van der Waals surface area contributed by atoms with E-state index in [2.05, 4.69) is 73.4 Å². The number of carbonyl (C=O) groups excluding carboxylic acids is 2. The molecule has 2 aromatic heterocycles. The van der Waals surface area contributed by atoms with Crippen LogP contribution < -0.4 is 21.3 Å². The Kier molecular flexibility index (Phi) is 8.10. The van der Waals surface area contributed by atoms with Gasteiger partial charge >= 0.3 is 11.9 Å². The highest BCUT2D eigenvalue weighted by Crippen LogP contribution is 2.45. The molecule has 5 N–H and O–H groups in total. The van der Waals surface area contributed by atoms with Crippen molar-refractivity contribution in [2.75, 3.05) is 13.7 Å². The number of aliphatic hydroxyl groups is 1. The SMILES string of the molecule is CCOC(=O)CC[C@@H]1C2N/C(=C\C3=C(C)[C@H](C)/C(=C/c4[nH]c(c(CC)c4C)/C=c4\[nH]c5c(c4C)[C@@H](O)[C@H](C(=O)OC)C=52)N3)[C@H]1C. The van der Waals surface area contributed by atoms with Crippen molar-refractivity contribution >= 4 is 29.7 Å². The van der Waals surface area contributed by atoms with E-state index in [1.807, 2.05) is 13.8 Å². The van der Waals surface area contributed by atoms with Crippen LogP contribution in [0.1, 0.15) is 87.2 Å². The average molecular weight is 615 g/mol. The van der Waals surface area contributed by atoms with Crippen molar-refractivity contribution in [1.29, 1.82) is 0 Å². The molecule has 1 unspecified atom stereocenters. The zero-order chi connectivity index (χ0) is 32.3. The third kappa shape index (κ3) is 4.96. The molecule has 0 saturated carbocycles. The number of nitrogens with one attached hydrogen (secondary N) is 4. The summed E-state index contributed by atoms with van der Waals surface area (Å²) < 4.78 is 10.6. The van der Waals surface area contributed by atoms with Crippen LogP contribution in [-0.2, 0) is 25.5 Å². The van der Waals surface area contributed by atoms with Crippen LogP contribution in [0.25, 0.3) is 17.7 Å². The number of H-pyrrole nitrogens is 2. The zero-order valence-corrected chi connectivity index (χ0v) is 27.6. The second kappa shape index (κ2) is 11.7. The fourth-order valence-electron chi connectivity index (χ4n) is 7.94. The third-order valence-electron chi connectivity index (χ3n) is 10.7. The van der Waals surface area contributed by atoms with Gasteiger partial charge in [-0.15, -0.1) is 0 Å². The van der Waals surface area contributed by atoms with E-state index in [0.29, 0.717) is 13.0 Å². The lowest BCUT2D eigenvalue weighted by atomic mass is 9.80. The van der Waals surface area contributed by atoms with Crippen LogP contribution >= 0.6 is 0 Å². The maximum atomic E-state index is 13.4. The molecular formula is C36H46N4O5. The van der Waals surface area contributed by atoms with E-state index in [1.165, 1.54) is 23.8 Å². The molecule has 2 aromatic rings. The van der Waals surface area contributed by atoms with Crippen LogP contribution in [-0.4, -0.2) is 46.8 Å². The first-order chi connectivity index (χ1) is 21.5. The highest BCUT2D eigenvalue weighted by Gasteiger charge is 2.49. The Labute approximate surface area is 264 Å². The van der Waals surface area contributed by atoms with E-state index in [0.717, 1.165) is 62.3 Å². The number of hydrogen-bond acceptors (Lipinski definition) is 7. The summed E-state index contributed by atoms with van der Waals surface area (Å²) in [6.45, 7) is 15.0. The van der Waals surface area contributed by atoms with Gasteiger partial charge in [0, 0.05) is 63.0 Å². The van der Waals surface area contributed by atoms with Crippen LogP contribution in [0.2, 0.25) is 0 Å². The second-order valence-electron chi connectivity index (χ2n) is 13.0. The molecule has 1 aliphatic carbocycles. The summed E-state index contributed by atoms with van der Waals surface area (Å²) in [6, 6.07) is -0.320. The van der Waals surface area contributed by atoms with Crippen LogP contribution in [0, 0.1) is 37.5 Å². The van der Waals surface area contributed by atoms with Gasteiger partial charge in [0.05, 0.1) is 25.9 Å². The predicted molar refractivity (Wildman–Crippen MR) is 174 cm³/mol. The Morgan fingerprint density at radius 2 is 1.73 bits per heavy atom. The van der Waals surface area contributed by atoms with Gasteiger partial charge in [-0.2, -0.15) is 0 Å². The number of carbonyl (C=O) groups is 2. The fraction of sp³-hybridized carbons (Fsp3) is 0.500. The maximum absolute atomic E-state index is 13.4. The van der Waals surface area contributed by atoms with Crippen LogP contribution in [0.4, 0.5) is 0 Å². The Bertz CT molecular complexity index is 1790. The minimum atomic E-state index is -1.06. The third-order valence-corrected chi connectivity index (χ3v) is 10.7. The molecule has 4 aliphatic rings. The number of ether oxygens (including phenoxy) is 2. The summed E-state index contributed by atoms with van der Waals surface area (Å²) in [6.07, 6.45) is 7.17. The molecule has 9 heteroatoms. The molecule has 8 bridgehead atoms. The maximum Gasteiger partial charge on any atom is 0.315 e. The van der Waals surface area contributed by atoms with Crippen molar-refractivity contribution in [3.8, 4) is 0 Å². The lowest BCUT2D eigenvalue weighted by Gasteiger charge is -2.27. The number of aromatic nitrogens is 2. The fourth-order valence-corrected chi connectivity index (χ4v) is 7.94. The van der Waals surface area contributed by atoms with E-state index in [1.54, 1.807) is 0 Å². The molecule has 240 valence electrons. The van der Waals surface area contributed by atoms with E-state index < -0.39 is 18.0 Å². The molecule has 45 heavy (non-hydrogen) atoms. The van der Waals surface area contributed by atoms with E-state index in [9.17, 15) is 14.7 Å². The van der Waals surface area contributed by atoms with Gasteiger partial charge in [-0.1, -0.05) is 20.8 Å². The summed E-state index contributed by atoms with van der Waals surface area (Å²) in [5.74, 6) is -1.38. The molecule has 1 fully saturated rings. The molecule has 5 heterocycles. The number of esters is 2. The van der Waals surface area contributed by atoms with Gasteiger partial charge in [-0.25, -0.2) is 0 Å². The van der Waals surface area contributed by atoms with Gasteiger partial charge in [-0.3, -0.25) is 9.59 Å². The summed E-state index contributed by atoms with van der Waals surface area (Å²) in [5, 5.41) is 20.9. The first-order valence-electron chi connectivity index (χ1n) is 16.2. The minimum Gasteiger partial charge on any atom is -0.468 e. The molecule has 1 saturated heterocycles. The number of hydrogen-bond donors (Lipinski definition) is 5. The van der Waals surface area contributed by atoms with Gasteiger partial charge < -0.3 is 35.2 Å². The Morgan fingerprint density at radius 3 is 2.42 bits per heavy atom. The molecule has 3 aliphatic heterocycles. The van der Waals surface area contributed by atoms with Gasteiger partial charge in [-0.05, 0) is 92.5 Å². The standard InChI is InChI=1S/C36H46N4O5/c1-9-21-18(5)25-13-23-16(3)17(4)24(37-23)14-26-19(6)22(11-12-29(41)45-10-2)33(39-26)31-32(36(43)44-8)35(42)30-20(7)27(40-34(30)31)15-28(21)38-25/h13-16,19,22,32-33,35,37-40,42H,9-12H2,1-8H3/b23-13-,26-14-,27-15-/t16-,19-,22-,32+,33?,35+/m0/s1. The highest BCUT2D eigenvalue weighted by atomic mass is 16.5. The molecular weight excluding hydrogens is 568 g/mol. The Balaban J connectivity index is 1.63. The molecule has 0 aromatic carbocycles. The Morgan fingerprint density at radius 1 is 0.978 bits per heavy atom. The number of fused-ring (bicyclic) bond motifs is 8. The average Bonchev–Trinajstić information content (AvgIpc) is 3.74. The summed E-state index contributed by atoms with van der Waals surface area (Å²) in [7, 11) is 1.36. The topological polar surface area (TPSA) is 128 Å². The summed E-state index contributed by atoms with van der Waals surface area (Å²) in [5.41, 5.74) is 11.4. The van der Waals surface area contributed by atoms with Crippen molar-refractivity contribution in [2.45, 2.75) is 79.9 Å². The van der Waals surface area contributed by atoms with Gasteiger partial charge in [0.25, 0.3) is 0 Å². The Hall–Kier alpha value is -3.98. The highest BCUT2D eigenvalue weighted by molar-refractivity contribution is 5.88. The monoisotopic (exact) mass is 614 g/mol. The lowest BCUT2D eigenvalue weighted by molar-refractivity contribution is -0.147. The number of aromatic amines is 2. The second-order valence-corrected chi connectivity index (χ2v) is 13.0. The predicted octanol–water partition coefficient (Wildman–Crippen LogP) is 3.66. The summed E-state index contributed by atoms with van der Waals surface area (Å²) in [4.78, 5) is 33.2.